The second-order valence-electron chi connectivity index (χ2n) is 11.1. The van der Waals surface area contributed by atoms with Crippen LogP contribution in [0.15, 0.2) is 84.2 Å². The van der Waals surface area contributed by atoms with E-state index in [-0.39, 0.29) is 5.82 Å². The lowest BCUT2D eigenvalue weighted by Gasteiger charge is -2.21. The number of hydrogen-bond acceptors (Lipinski definition) is 2. The van der Waals surface area contributed by atoms with Crippen LogP contribution in [0.1, 0.15) is 90.8 Å². The van der Waals surface area contributed by atoms with Crippen LogP contribution in [0.2, 0.25) is 0 Å². The van der Waals surface area contributed by atoms with Gasteiger partial charge < -0.3 is 4.74 Å². The molecule has 1 atom stereocenters. The minimum atomic E-state index is -0.205. The van der Waals surface area contributed by atoms with E-state index in [0.29, 0.717) is 0 Å². The number of pyridine rings is 1. The molecule has 0 aliphatic rings. The fourth-order valence-corrected chi connectivity index (χ4v) is 4.56. The van der Waals surface area contributed by atoms with Crippen molar-refractivity contribution in [3.8, 4) is 5.75 Å². The van der Waals surface area contributed by atoms with E-state index in [4.69, 9.17) is 4.74 Å². The second-order valence-corrected chi connectivity index (χ2v) is 11.1. The van der Waals surface area contributed by atoms with Gasteiger partial charge >= 0.3 is 0 Å². The number of halogens is 1. The van der Waals surface area contributed by atoms with Crippen molar-refractivity contribution in [2.75, 3.05) is 7.11 Å². The fraction of sp³-hybridized carbons (Fsp3) is 0.417. The Morgan fingerprint density at radius 2 is 1.33 bits per heavy atom. The molecule has 1 aromatic heterocycles. The van der Waals surface area contributed by atoms with E-state index in [1.807, 2.05) is 19.1 Å². The first-order valence-electron chi connectivity index (χ1n) is 14.2. The number of aryl methyl sites for hydroxylation is 1. The monoisotopic (exact) mass is 529 g/mol. The van der Waals surface area contributed by atoms with E-state index in [2.05, 4.69) is 70.8 Å². The molecule has 0 aliphatic carbocycles. The largest absolute Gasteiger partial charge is 0.497 e. The van der Waals surface area contributed by atoms with E-state index < -0.39 is 0 Å². The number of benzene rings is 2. The molecule has 1 unspecified atom stereocenters. The van der Waals surface area contributed by atoms with E-state index >= 15 is 0 Å². The van der Waals surface area contributed by atoms with Crippen LogP contribution in [0.4, 0.5) is 4.39 Å². The topological polar surface area (TPSA) is 22.1 Å². The standard InChI is InChI=1S/C21H34O.C15H14FN/c1-16(2)18(5)10-13-20(17(3)4)9-7-8-19-11-14-21(22-6)15-12-19;1-11(13-3-5-15(16)6-4-13)12(2)14-7-9-17-10-8-14/h11-12,14-15,17,20H,7-10,13H2,1-6H3;3-10H,1-2H3/b;12-11-. The third-order valence-electron chi connectivity index (χ3n) is 7.84. The summed E-state index contributed by atoms with van der Waals surface area (Å²) in [7, 11) is 1.72. The third-order valence-corrected chi connectivity index (χ3v) is 7.84. The fourth-order valence-electron chi connectivity index (χ4n) is 4.56. The molecule has 1 heterocycles. The molecule has 0 aliphatic heterocycles. The van der Waals surface area contributed by atoms with Gasteiger partial charge in [-0.2, -0.15) is 0 Å². The summed E-state index contributed by atoms with van der Waals surface area (Å²) < 4.78 is 18.1. The SMILES string of the molecule is C/C(=C(\C)c1ccc(F)cc1)c1ccncc1.COc1ccc(CCCC(CCC(C)=C(C)C)C(C)C)cc1. The smallest absolute Gasteiger partial charge is 0.123 e. The van der Waals surface area contributed by atoms with Gasteiger partial charge in [-0.3, -0.25) is 4.98 Å². The Labute approximate surface area is 237 Å². The van der Waals surface area contributed by atoms with Crippen LogP contribution in [0.5, 0.6) is 5.75 Å². The molecule has 0 N–H and O–H groups in total. The van der Waals surface area contributed by atoms with Crippen molar-refractivity contribution in [1.82, 2.24) is 4.98 Å². The Morgan fingerprint density at radius 1 is 0.769 bits per heavy atom. The number of methoxy groups -OCH3 is 1. The zero-order valence-corrected chi connectivity index (χ0v) is 25.4. The average molecular weight is 530 g/mol. The van der Waals surface area contributed by atoms with Crippen molar-refractivity contribution in [3.63, 3.8) is 0 Å². The maximum atomic E-state index is 12.8. The Kier molecular flexibility index (Phi) is 13.7. The molecule has 0 saturated carbocycles. The van der Waals surface area contributed by atoms with E-state index in [1.165, 1.54) is 60.9 Å². The highest BCUT2D eigenvalue weighted by molar-refractivity contribution is 5.88. The summed E-state index contributed by atoms with van der Waals surface area (Å²) in [5.41, 5.74) is 8.99. The molecule has 3 aromatic rings. The zero-order valence-electron chi connectivity index (χ0n) is 25.4. The number of aromatic nitrogens is 1. The molecule has 0 spiro atoms. The molecule has 0 fully saturated rings. The summed E-state index contributed by atoms with van der Waals surface area (Å²) in [4.78, 5) is 4.00. The first-order chi connectivity index (χ1) is 18.6. The lowest BCUT2D eigenvalue weighted by molar-refractivity contribution is 0.329. The Hall–Kier alpha value is -3.20. The molecule has 2 aromatic carbocycles. The molecule has 3 heteroatoms. The van der Waals surface area contributed by atoms with Gasteiger partial charge in [-0.05, 0) is 143 Å². The highest BCUT2D eigenvalue weighted by atomic mass is 19.1. The number of hydrogen-bond donors (Lipinski definition) is 0. The van der Waals surface area contributed by atoms with Gasteiger partial charge in [-0.1, -0.05) is 49.3 Å². The number of rotatable bonds is 11. The van der Waals surface area contributed by atoms with Gasteiger partial charge in [-0.15, -0.1) is 0 Å². The van der Waals surface area contributed by atoms with Crippen molar-refractivity contribution in [1.29, 1.82) is 0 Å². The van der Waals surface area contributed by atoms with E-state index in [1.54, 1.807) is 37.2 Å². The van der Waals surface area contributed by atoms with Crippen LogP contribution < -0.4 is 4.74 Å². The number of nitrogens with zero attached hydrogens (tertiary/aromatic N) is 1. The molecule has 2 nitrogen and oxygen atoms in total. The van der Waals surface area contributed by atoms with Crippen LogP contribution in [-0.2, 0) is 6.42 Å². The molecular weight excluding hydrogens is 481 g/mol. The molecule has 0 amide bonds. The lowest BCUT2D eigenvalue weighted by atomic mass is 9.85. The van der Waals surface area contributed by atoms with Crippen LogP contribution in [-0.4, -0.2) is 12.1 Å². The molecule has 0 saturated heterocycles. The van der Waals surface area contributed by atoms with Gasteiger partial charge in [0.2, 0.25) is 0 Å². The molecule has 3 rings (SSSR count). The summed E-state index contributed by atoms with van der Waals surface area (Å²) in [6, 6.07) is 19.0. The number of ether oxygens (including phenoxy) is 1. The molecule has 39 heavy (non-hydrogen) atoms. The van der Waals surface area contributed by atoms with E-state index in [9.17, 15) is 4.39 Å². The quantitative estimate of drug-likeness (QED) is 0.230. The summed E-state index contributed by atoms with van der Waals surface area (Å²) in [5, 5.41) is 0. The predicted molar refractivity (Wildman–Crippen MR) is 166 cm³/mol. The van der Waals surface area contributed by atoms with Crippen LogP contribution >= 0.6 is 0 Å². The minimum Gasteiger partial charge on any atom is -0.497 e. The average Bonchev–Trinajstić information content (AvgIpc) is 2.95. The van der Waals surface area contributed by atoms with Crippen LogP contribution in [0, 0.1) is 17.7 Å². The highest BCUT2D eigenvalue weighted by Gasteiger charge is 2.13. The van der Waals surface area contributed by atoms with Gasteiger partial charge in [0, 0.05) is 12.4 Å². The van der Waals surface area contributed by atoms with E-state index in [0.717, 1.165) is 34.3 Å². The molecule has 210 valence electrons. The Bertz CT molecular complexity index is 1170. The zero-order chi connectivity index (χ0) is 28.8. The third kappa shape index (κ3) is 11.2. The maximum absolute atomic E-state index is 12.8. The lowest BCUT2D eigenvalue weighted by Crippen LogP contribution is -2.09. The van der Waals surface area contributed by atoms with Crippen molar-refractivity contribution in [2.45, 2.75) is 80.6 Å². The second kappa shape index (κ2) is 16.7. The summed E-state index contributed by atoms with van der Waals surface area (Å²) in [6.45, 7) is 15.6. The van der Waals surface area contributed by atoms with Gasteiger partial charge in [0.05, 0.1) is 7.11 Å². The predicted octanol–water partition coefficient (Wildman–Crippen LogP) is 10.6. The van der Waals surface area contributed by atoms with Crippen LogP contribution in [0.25, 0.3) is 11.1 Å². The minimum absolute atomic E-state index is 0.205. The van der Waals surface area contributed by atoms with Crippen LogP contribution in [0.3, 0.4) is 0 Å². The number of allylic oxidation sites excluding steroid dienone is 4. The normalized spacial score (nSPS) is 12.3. The van der Waals surface area contributed by atoms with Crippen molar-refractivity contribution >= 4 is 11.1 Å². The maximum Gasteiger partial charge on any atom is 0.123 e. The Balaban J connectivity index is 0.000000282. The molecule has 0 bridgehead atoms. The van der Waals surface area contributed by atoms with Gasteiger partial charge in [0.1, 0.15) is 11.6 Å². The first-order valence-corrected chi connectivity index (χ1v) is 14.2. The van der Waals surface area contributed by atoms with Crippen molar-refractivity contribution in [3.05, 3.63) is 107 Å². The van der Waals surface area contributed by atoms with Gasteiger partial charge in [0.15, 0.2) is 0 Å². The molecular formula is C36H48FNO. The summed E-state index contributed by atoms with van der Waals surface area (Å²) in [5.74, 6) is 2.36. The van der Waals surface area contributed by atoms with Crippen molar-refractivity contribution in [2.24, 2.45) is 11.8 Å². The first kappa shape index (κ1) is 32.0. The molecule has 0 radical (unpaired) electrons. The van der Waals surface area contributed by atoms with Gasteiger partial charge in [0.25, 0.3) is 0 Å². The van der Waals surface area contributed by atoms with Gasteiger partial charge in [-0.25, -0.2) is 4.39 Å². The highest BCUT2D eigenvalue weighted by Crippen LogP contribution is 2.27. The van der Waals surface area contributed by atoms with Crippen molar-refractivity contribution < 1.29 is 9.13 Å². The summed E-state index contributed by atoms with van der Waals surface area (Å²) >= 11 is 0. The summed E-state index contributed by atoms with van der Waals surface area (Å²) in [6.07, 6.45) is 9.93. The Morgan fingerprint density at radius 3 is 1.85 bits per heavy atom.